The van der Waals surface area contributed by atoms with Crippen molar-refractivity contribution >= 4 is 27.5 Å². The minimum atomic E-state index is -3.45. The Morgan fingerprint density at radius 2 is 1.68 bits per heavy atom. The molecule has 34 heavy (non-hydrogen) atoms. The van der Waals surface area contributed by atoms with E-state index in [1.807, 2.05) is 39.0 Å². The van der Waals surface area contributed by atoms with Gasteiger partial charge in [-0.05, 0) is 69.0 Å². The van der Waals surface area contributed by atoms with Crippen molar-refractivity contribution in [2.24, 2.45) is 5.92 Å². The summed E-state index contributed by atoms with van der Waals surface area (Å²) in [7, 11) is -3.45. The second-order valence-electron chi connectivity index (χ2n) is 8.36. The summed E-state index contributed by atoms with van der Waals surface area (Å²) < 4.78 is 38.4. The summed E-state index contributed by atoms with van der Waals surface area (Å²) in [5, 5.41) is 3.64. The first-order valence-corrected chi connectivity index (χ1v) is 13.6. The number of piperidine rings is 1. The quantitative estimate of drug-likeness (QED) is 0.508. The third kappa shape index (κ3) is 6.87. The van der Waals surface area contributed by atoms with Crippen molar-refractivity contribution in [3.05, 3.63) is 58.6 Å². The Labute approximate surface area is 207 Å². The molecule has 1 N–H and O–H groups in total. The predicted molar refractivity (Wildman–Crippen MR) is 134 cm³/mol. The van der Waals surface area contributed by atoms with E-state index in [1.165, 1.54) is 4.31 Å². The van der Waals surface area contributed by atoms with Gasteiger partial charge in [0.05, 0.1) is 25.0 Å². The molecular weight excluding hydrogens is 476 g/mol. The van der Waals surface area contributed by atoms with Gasteiger partial charge in [-0.15, -0.1) is 0 Å². The number of sulfonamides is 1. The minimum absolute atomic E-state index is 0.0610. The molecule has 1 saturated heterocycles. The van der Waals surface area contributed by atoms with Crippen molar-refractivity contribution in [1.82, 2.24) is 9.62 Å². The van der Waals surface area contributed by atoms with Crippen molar-refractivity contribution in [1.29, 1.82) is 0 Å². The Bertz CT molecular complexity index is 1070. The van der Waals surface area contributed by atoms with Crippen LogP contribution in [0.2, 0.25) is 5.02 Å². The number of nitrogens with one attached hydrogen (secondary N) is 1. The summed E-state index contributed by atoms with van der Waals surface area (Å²) in [6.45, 7) is 7.48. The van der Waals surface area contributed by atoms with E-state index in [0.717, 1.165) is 5.56 Å². The van der Waals surface area contributed by atoms with Crippen LogP contribution in [0.5, 0.6) is 11.5 Å². The molecule has 9 heteroatoms. The third-order valence-corrected chi connectivity index (χ3v) is 8.01. The maximum atomic E-state index is 12.9. The molecule has 1 aliphatic heterocycles. The smallest absolute Gasteiger partial charge is 0.223 e. The molecule has 1 atom stereocenters. The van der Waals surface area contributed by atoms with E-state index in [1.54, 1.807) is 24.3 Å². The number of nitrogens with zero attached hydrogens (tertiary/aromatic N) is 1. The predicted octanol–water partition coefficient (Wildman–Crippen LogP) is 4.56. The lowest BCUT2D eigenvalue weighted by Gasteiger charge is -2.31. The topological polar surface area (TPSA) is 84.9 Å². The van der Waals surface area contributed by atoms with Gasteiger partial charge in [-0.2, -0.15) is 0 Å². The molecule has 0 aromatic heterocycles. The second-order valence-corrected chi connectivity index (χ2v) is 10.8. The number of carbonyl (C=O) groups excluding carboxylic acids is 1. The van der Waals surface area contributed by atoms with E-state index < -0.39 is 10.0 Å². The minimum Gasteiger partial charge on any atom is -0.490 e. The van der Waals surface area contributed by atoms with Crippen molar-refractivity contribution in [2.45, 2.75) is 45.4 Å². The van der Waals surface area contributed by atoms with Gasteiger partial charge < -0.3 is 14.8 Å². The van der Waals surface area contributed by atoms with Crippen LogP contribution in [0.4, 0.5) is 0 Å². The van der Waals surface area contributed by atoms with Crippen LogP contribution in [0.15, 0.2) is 42.5 Å². The fraction of sp³-hybridized carbons (Fsp3) is 0.480. The lowest BCUT2D eigenvalue weighted by atomic mass is 9.96. The molecule has 0 spiro atoms. The molecule has 0 radical (unpaired) electrons. The zero-order chi connectivity index (χ0) is 24.7. The standard InChI is InChI=1S/C25H33ClN2O5S/c1-4-32-23-11-8-21(16-24(23)33-5-2)18(3)27-25(29)20-12-14-28(15-13-20)34(30,31)17-19-6-9-22(26)10-7-19/h6-11,16,18,20H,4-5,12-15,17H2,1-3H3,(H,27,29). The Balaban J connectivity index is 1.56. The summed E-state index contributed by atoms with van der Waals surface area (Å²) in [5.74, 6) is 0.978. The molecule has 0 bridgehead atoms. The average molecular weight is 509 g/mol. The van der Waals surface area contributed by atoms with Gasteiger partial charge in [0.25, 0.3) is 0 Å². The molecule has 2 aromatic rings. The molecular formula is C25H33ClN2O5S. The van der Waals surface area contributed by atoms with Crippen LogP contribution in [0.25, 0.3) is 0 Å². The zero-order valence-electron chi connectivity index (χ0n) is 19.9. The van der Waals surface area contributed by atoms with Crippen LogP contribution in [-0.2, 0) is 20.6 Å². The van der Waals surface area contributed by atoms with E-state index in [9.17, 15) is 13.2 Å². The lowest BCUT2D eigenvalue weighted by molar-refractivity contribution is -0.126. The zero-order valence-corrected chi connectivity index (χ0v) is 21.5. The first-order valence-electron chi connectivity index (χ1n) is 11.7. The highest BCUT2D eigenvalue weighted by Gasteiger charge is 2.31. The molecule has 1 heterocycles. The van der Waals surface area contributed by atoms with Crippen LogP contribution in [0.1, 0.15) is 50.8 Å². The van der Waals surface area contributed by atoms with Gasteiger partial charge in [-0.25, -0.2) is 12.7 Å². The second kappa shape index (κ2) is 11.9. The monoisotopic (exact) mass is 508 g/mol. The van der Waals surface area contributed by atoms with Crippen LogP contribution in [0, 0.1) is 5.92 Å². The van der Waals surface area contributed by atoms with E-state index in [2.05, 4.69) is 5.32 Å². The SMILES string of the molecule is CCOc1ccc(C(C)NC(=O)C2CCN(S(=O)(=O)Cc3ccc(Cl)cc3)CC2)cc1OCC. The molecule has 1 amide bonds. The average Bonchev–Trinajstić information content (AvgIpc) is 2.82. The number of carbonyl (C=O) groups is 1. The molecule has 7 nitrogen and oxygen atoms in total. The first kappa shape index (κ1) is 26.3. The Morgan fingerprint density at radius 1 is 1.06 bits per heavy atom. The Morgan fingerprint density at radius 3 is 2.29 bits per heavy atom. The van der Waals surface area contributed by atoms with Gasteiger partial charge in [0, 0.05) is 24.0 Å². The van der Waals surface area contributed by atoms with Crippen molar-refractivity contribution < 1.29 is 22.7 Å². The van der Waals surface area contributed by atoms with Crippen molar-refractivity contribution in [3.8, 4) is 11.5 Å². The fourth-order valence-corrected chi connectivity index (χ4v) is 5.72. The summed E-state index contributed by atoms with van der Waals surface area (Å²) in [6.07, 6.45) is 0.984. The number of ether oxygens (including phenoxy) is 2. The largest absolute Gasteiger partial charge is 0.490 e. The highest BCUT2D eigenvalue weighted by Crippen LogP contribution is 2.31. The molecule has 2 aromatic carbocycles. The van der Waals surface area contributed by atoms with E-state index in [4.69, 9.17) is 21.1 Å². The Hall–Kier alpha value is -2.29. The third-order valence-electron chi connectivity index (χ3n) is 5.91. The van der Waals surface area contributed by atoms with Crippen LogP contribution in [-0.4, -0.2) is 44.9 Å². The fourth-order valence-electron chi connectivity index (χ4n) is 4.03. The molecule has 3 rings (SSSR count). The van der Waals surface area contributed by atoms with Crippen molar-refractivity contribution in [2.75, 3.05) is 26.3 Å². The lowest BCUT2D eigenvalue weighted by Crippen LogP contribution is -2.43. The number of benzene rings is 2. The van der Waals surface area contributed by atoms with E-state index >= 15 is 0 Å². The number of hydrogen-bond donors (Lipinski definition) is 1. The molecule has 1 fully saturated rings. The van der Waals surface area contributed by atoms with Crippen molar-refractivity contribution in [3.63, 3.8) is 0 Å². The summed E-state index contributed by atoms with van der Waals surface area (Å²) in [4.78, 5) is 12.9. The summed E-state index contributed by atoms with van der Waals surface area (Å²) >= 11 is 5.88. The van der Waals surface area contributed by atoms with Crippen LogP contribution >= 0.6 is 11.6 Å². The van der Waals surface area contributed by atoms with Crippen LogP contribution in [0.3, 0.4) is 0 Å². The molecule has 186 valence electrons. The number of hydrogen-bond acceptors (Lipinski definition) is 5. The maximum absolute atomic E-state index is 12.9. The summed E-state index contributed by atoms with van der Waals surface area (Å²) in [5.41, 5.74) is 1.61. The molecule has 0 aliphatic carbocycles. The van der Waals surface area contributed by atoms with Gasteiger partial charge in [-0.3, -0.25) is 4.79 Å². The number of halogens is 1. The van der Waals surface area contributed by atoms with Gasteiger partial charge in [0.1, 0.15) is 0 Å². The molecule has 1 unspecified atom stereocenters. The van der Waals surface area contributed by atoms with Gasteiger partial charge in [0.2, 0.25) is 15.9 Å². The van der Waals surface area contributed by atoms with Gasteiger partial charge >= 0.3 is 0 Å². The number of rotatable bonds is 10. The maximum Gasteiger partial charge on any atom is 0.223 e. The van der Waals surface area contributed by atoms with Crippen LogP contribution < -0.4 is 14.8 Å². The highest BCUT2D eigenvalue weighted by molar-refractivity contribution is 7.88. The molecule has 1 aliphatic rings. The van der Waals surface area contributed by atoms with Gasteiger partial charge in [-0.1, -0.05) is 29.8 Å². The summed E-state index contributed by atoms with van der Waals surface area (Å²) in [6, 6.07) is 12.3. The van der Waals surface area contributed by atoms with Gasteiger partial charge in [0.15, 0.2) is 11.5 Å². The van der Waals surface area contributed by atoms with E-state index in [-0.39, 0.29) is 23.6 Å². The highest BCUT2D eigenvalue weighted by atomic mass is 35.5. The first-order chi connectivity index (χ1) is 16.2. The number of amides is 1. The van der Waals surface area contributed by atoms with E-state index in [0.29, 0.717) is 61.2 Å². The Kier molecular flexibility index (Phi) is 9.22. The molecule has 0 saturated carbocycles. The normalized spacial score (nSPS) is 16.1.